The Labute approximate surface area is 183 Å². The zero-order chi connectivity index (χ0) is 22.3. The number of aryl methyl sites for hydroxylation is 1. The van der Waals surface area contributed by atoms with Gasteiger partial charge in [-0.15, -0.1) is 0 Å². The molecule has 0 aliphatic carbocycles. The summed E-state index contributed by atoms with van der Waals surface area (Å²) in [7, 11) is -8.84. The number of hydrogen-bond acceptors (Lipinski definition) is 5. The van der Waals surface area contributed by atoms with Gasteiger partial charge in [-0.1, -0.05) is 66.7 Å². The first-order valence-corrected chi connectivity index (χ1v) is 12.5. The lowest BCUT2D eigenvalue weighted by molar-refractivity contribution is 0.212. The van der Waals surface area contributed by atoms with E-state index in [9.17, 15) is 21.9 Å². The van der Waals surface area contributed by atoms with E-state index in [0.717, 1.165) is 11.8 Å². The van der Waals surface area contributed by atoms with Crippen molar-refractivity contribution in [3.05, 3.63) is 109 Å². The van der Waals surface area contributed by atoms with Gasteiger partial charge in [-0.25, -0.2) is 16.8 Å². The molecule has 1 N–H and O–H groups in total. The van der Waals surface area contributed by atoms with Crippen molar-refractivity contribution in [1.82, 2.24) is 3.71 Å². The van der Waals surface area contributed by atoms with Gasteiger partial charge < -0.3 is 5.11 Å². The van der Waals surface area contributed by atoms with Crippen LogP contribution in [0.25, 0.3) is 0 Å². The van der Waals surface area contributed by atoms with E-state index in [-0.39, 0.29) is 9.79 Å². The molecule has 1 atom stereocenters. The van der Waals surface area contributed by atoms with Gasteiger partial charge in [0, 0.05) is 6.20 Å². The number of benzene rings is 3. The first-order chi connectivity index (χ1) is 14.8. The van der Waals surface area contributed by atoms with Crippen LogP contribution in [0, 0.1) is 0 Å². The van der Waals surface area contributed by atoms with E-state index in [4.69, 9.17) is 0 Å². The van der Waals surface area contributed by atoms with E-state index in [0.29, 0.717) is 16.6 Å². The highest BCUT2D eigenvalue weighted by molar-refractivity contribution is 8.04. The molecule has 0 saturated heterocycles. The van der Waals surface area contributed by atoms with Crippen LogP contribution in [0.4, 0.5) is 0 Å². The summed E-state index contributed by atoms with van der Waals surface area (Å²) in [6.45, 7) is 0. The standard InChI is InChI=1S/C23H23NO5S2/c25-21(17-16-20-10-4-1-5-11-20)18-19-24(30(26,27)22-12-6-2-7-13-22)31(28,29)23-14-8-3-9-15-23/h1-15,18-19,21,25H,16-17H2/b19-18+. The molecular formula is C23H23NO5S2. The van der Waals surface area contributed by atoms with Crippen molar-refractivity contribution in [2.24, 2.45) is 0 Å². The summed E-state index contributed by atoms with van der Waals surface area (Å²) < 4.78 is 52.9. The molecule has 8 heteroatoms. The van der Waals surface area contributed by atoms with E-state index < -0.39 is 26.2 Å². The van der Waals surface area contributed by atoms with Gasteiger partial charge in [0.25, 0.3) is 20.0 Å². The molecule has 0 aliphatic rings. The van der Waals surface area contributed by atoms with E-state index >= 15 is 0 Å². The van der Waals surface area contributed by atoms with Gasteiger partial charge in [0.15, 0.2) is 0 Å². The summed E-state index contributed by atoms with van der Waals surface area (Å²) in [4.78, 5) is -0.337. The lowest BCUT2D eigenvalue weighted by Crippen LogP contribution is -2.32. The van der Waals surface area contributed by atoms with Crippen molar-refractivity contribution < 1.29 is 21.9 Å². The summed E-state index contributed by atoms with van der Waals surface area (Å²) in [6.07, 6.45) is 1.94. The predicted octanol–water partition coefficient (Wildman–Crippen LogP) is 3.57. The molecule has 162 valence electrons. The molecule has 0 heterocycles. The van der Waals surface area contributed by atoms with Crippen molar-refractivity contribution in [2.75, 3.05) is 0 Å². The third kappa shape index (κ3) is 5.61. The molecule has 0 fully saturated rings. The smallest absolute Gasteiger partial charge is 0.277 e. The molecule has 3 rings (SSSR count). The molecule has 0 radical (unpaired) electrons. The molecular weight excluding hydrogens is 434 g/mol. The average molecular weight is 458 g/mol. The quantitative estimate of drug-likeness (QED) is 0.530. The molecule has 1 unspecified atom stereocenters. The number of aliphatic hydroxyl groups is 1. The fourth-order valence-corrected chi connectivity index (χ4v) is 6.34. The van der Waals surface area contributed by atoms with Crippen LogP contribution in [0.5, 0.6) is 0 Å². The second kappa shape index (κ2) is 9.91. The summed E-state index contributed by atoms with van der Waals surface area (Å²) in [6, 6.07) is 24.1. The fourth-order valence-electron chi connectivity index (χ4n) is 2.91. The summed E-state index contributed by atoms with van der Waals surface area (Å²) in [5.41, 5.74) is 1.01. The minimum Gasteiger partial charge on any atom is -0.389 e. The molecule has 0 aromatic heterocycles. The normalized spacial score (nSPS) is 13.2. The van der Waals surface area contributed by atoms with E-state index in [1.54, 1.807) is 12.1 Å². The van der Waals surface area contributed by atoms with Gasteiger partial charge in [0.1, 0.15) is 0 Å². The summed E-state index contributed by atoms with van der Waals surface area (Å²) in [5, 5.41) is 10.3. The molecule has 0 saturated carbocycles. The summed E-state index contributed by atoms with van der Waals surface area (Å²) >= 11 is 0. The SMILES string of the molecule is O=S(=O)(c1ccccc1)N(/C=C/C(O)CCc1ccccc1)S(=O)(=O)c1ccccc1. The van der Waals surface area contributed by atoms with Crippen LogP contribution < -0.4 is 0 Å². The molecule has 6 nitrogen and oxygen atoms in total. The largest absolute Gasteiger partial charge is 0.389 e. The Bertz CT molecular complexity index is 1140. The van der Waals surface area contributed by atoms with Gasteiger partial charge in [0.2, 0.25) is 0 Å². The number of rotatable bonds is 9. The van der Waals surface area contributed by atoms with Gasteiger partial charge >= 0.3 is 0 Å². The Morgan fingerprint density at radius 2 is 1.13 bits per heavy atom. The lowest BCUT2D eigenvalue weighted by Gasteiger charge is -2.21. The molecule has 3 aromatic carbocycles. The van der Waals surface area contributed by atoms with Crippen LogP contribution in [0.15, 0.2) is 113 Å². The number of aliphatic hydroxyl groups excluding tert-OH is 1. The van der Waals surface area contributed by atoms with Gasteiger partial charge in [-0.2, -0.15) is 3.71 Å². The van der Waals surface area contributed by atoms with Crippen LogP contribution >= 0.6 is 0 Å². The van der Waals surface area contributed by atoms with Crippen molar-refractivity contribution in [3.8, 4) is 0 Å². The summed E-state index contributed by atoms with van der Waals surface area (Å²) in [5.74, 6) is 0. The predicted molar refractivity (Wildman–Crippen MR) is 119 cm³/mol. The molecule has 3 aromatic rings. The highest BCUT2D eigenvalue weighted by Gasteiger charge is 2.33. The third-order valence-corrected chi connectivity index (χ3v) is 8.66. The van der Waals surface area contributed by atoms with E-state index in [1.807, 2.05) is 30.3 Å². The highest BCUT2D eigenvalue weighted by atomic mass is 32.3. The number of sulfonamides is 2. The van der Waals surface area contributed by atoms with Crippen molar-refractivity contribution in [2.45, 2.75) is 28.7 Å². The topological polar surface area (TPSA) is 91.8 Å². The minimum atomic E-state index is -4.42. The second-order valence-corrected chi connectivity index (χ2v) is 10.7. The van der Waals surface area contributed by atoms with Crippen LogP contribution in [0.3, 0.4) is 0 Å². The Morgan fingerprint density at radius 1 is 0.710 bits per heavy atom. The first-order valence-electron chi connectivity index (χ1n) is 9.62. The molecule has 0 bridgehead atoms. The Kier molecular flexibility index (Phi) is 7.27. The number of nitrogens with zero attached hydrogens (tertiary/aromatic N) is 1. The Balaban J connectivity index is 1.92. The molecule has 0 aliphatic heterocycles. The zero-order valence-corrected chi connectivity index (χ0v) is 18.3. The molecule has 0 spiro atoms. The highest BCUT2D eigenvalue weighted by Crippen LogP contribution is 2.25. The maximum atomic E-state index is 13.2. The van der Waals surface area contributed by atoms with E-state index in [1.165, 1.54) is 54.6 Å². The van der Waals surface area contributed by atoms with Crippen molar-refractivity contribution >= 4 is 20.0 Å². The average Bonchev–Trinajstić information content (AvgIpc) is 2.79. The van der Waals surface area contributed by atoms with Crippen molar-refractivity contribution in [1.29, 1.82) is 0 Å². The lowest BCUT2D eigenvalue weighted by atomic mass is 10.1. The Hall–Kier alpha value is -2.94. The first kappa shape index (κ1) is 22.7. The second-order valence-electron chi connectivity index (χ2n) is 6.79. The van der Waals surface area contributed by atoms with Crippen LogP contribution in [0.1, 0.15) is 12.0 Å². The van der Waals surface area contributed by atoms with Crippen LogP contribution in [0.2, 0.25) is 0 Å². The van der Waals surface area contributed by atoms with Gasteiger partial charge in [0.05, 0.1) is 15.9 Å². The fraction of sp³-hybridized carbons (Fsp3) is 0.130. The Morgan fingerprint density at radius 3 is 1.58 bits per heavy atom. The third-order valence-electron chi connectivity index (χ3n) is 4.56. The zero-order valence-electron chi connectivity index (χ0n) is 16.7. The van der Waals surface area contributed by atoms with E-state index in [2.05, 4.69) is 0 Å². The van der Waals surface area contributed by atoms with Gasteiger partial charge in [-0.3, -0.25) is 0 Å². The van der Waals surface area contributed by atoms with Crippen LogP contribution in [-0.2, 0) is 26.5 Å². The maximum Gasteiger partial charge on any atom is 0.277 e. The van der Waals surface area contributed by atoms with Crippen molar-refractivity contribution in [3.63, 3.8) is 0 Å². The monoisotopic (exact) mass is 457 g/mol. The maximum absolute atomic E-state index is 13.2. The van der Waals surface area contributed by atoms with Gasteiger partial charge in [-0.05, 0) is 48.7 Å². The molecule has 0 amide bonds. The molecule has 31 heavy (non-hydrogen) atoms. The van der Waals surface area contributed by atoms with Crippen LogP contribution in [-0.4, -0.2) is 31.8 Å². The minimum absolute atomic E-state index is 0.169. The number of hydrogen-bond donors (Lipinski definition) is 1.